The summed E-state index contributed by atoms with van der Waals surface area (Å²) in [6.45, 7) is 1.87. The SMILES string of the molecule is CCOC(=O)Cn1nc2n(Cc3ccc(Br)cc3)c3ccccc3n2c(=O)c1=O. The summed E-state index contributed by atoms with van der Waals surface area (Å²) in [5.74, 6) is -0.343. The molecule has 0 aliphatic carbocycles. The predicted molar refractivity (Wildman–Crippen MR) is 111 cm³/mol. The first-order valence-electron chi connectivity index (χ1n) is 9.00. The molecule has 0 saturated heterocycles. The maximum Gasteiger partial charge on any atom is 0.333 e. The molecule has 0 fully saturated rings. The monoisotopic (exact) mass is 456 g/mol. The van der Waals surface area contributed by atoms with E-state index in [9.17, 15) is 14.4 Å². The van der Waals surface area contributed by atoms with Crippen LogP contribution in [0, 0.1) is 0 Å². The molecule has 0 aliphatic rings. The molecule has 0 saturated carbocycles. The van der Waals surface area contributed by atoms with Gasteiger partial charge in [0.1, 0.15) is 6.54 Å². The lowest BCUT2D eigenvalue weighted by atomic mass is 10.2. The van der Waals surface area contributed by atoms with E-state index in [1.807, 2.05) is 41.0 Å². The van der Waals surface area contributed by atoms with Crippen molar-refractivity contribution in [3.63, 3.8) is 0 Å². The van der Waals surface area contributed by atoms with E-state index in [4.69, 9.17) is 4.74 Å². The largest absolute Gasteiger partial charge is 0.465 e. The summed E-state index contributed by atoms with van der Waals surface area (Å²) in [4.78, 5) is 37.2. The Balaban J connectivity index is 1.96. The molecular weight excluding hydrogens is 440 g/mol. The Hall–Kier alpha value is -3.20. The van der Waals surface area contributed by atoms with Crippen LogP contribution in [-0.4, -0.2) is 31.3 Å². The minimum Gasteiger partial charge on any atom is -0.465 e. The fraction of sp³-hybridized carbons (Fsp3) is 0.200. The molecule has 0 aliphatic heterocycles. The Morgan fingerprint density at radius 2 is 1.72 bits per heavy atom. The number of para-hydroxylation sites is 2. The average molecular weight is 457 g/mol. The molecule has 2 aromatic carbocycles. The molecule has 0 atom stereocenters. The standard InChI is InChI=1S/C20H17BrN4O4/c1-2-29-17(26)12-24-18(27)19(28)25-16-6-4-3-5-15(16)23(20(25)22-24)11-13-7-9-14(21)10-8-13/h3-10H,2,11-12H2,1H3. The van der Waals surface area contributed by atoms with E-state index >= 15 is 0 Å². The number of nitrogens with zero attached hydrogens (tertiary/aromatic N) is 4. The van der Waals surface area contributed by atoms with Crippen molar-refractivity contribution in [3.05, 3.63) is 79.3 Å². The van der Waals surface area contributed by atoms with Gasteiger partial charge in [-0.25, -0.2) is 9.08 Å². The number of aromatic nitrogens is 4. The molecule has 9 heteroatoms. The fourth-order valence-electron chi connectivity index (χ4n) is 3.24. The van der Waals surface area contributed by atoms with Crippen LogP contribution < -0.4 is 11.1 Å². The molecule has 4 rings (SSSR count). The van der Waals surface area contributed by atoms with E-state index in [0.29, 0.717) is 12.1 Å². The van der Waals surface area contributed by atoms with Crippen molar-refractivity contribution >= 4 is 38.7 Å². The van der Waals surface area contributed by atoms with E-state index < -0.39 is 23.6 Å². The maximum atomic E-state index is 12.8. The summed E-state index contributed by atoms with van der Waals surface area (Å²) in [6, 6.07) is 15.1. The van der Waals surface area contributed by atoms with Gasteiger partial charge < -0.3 is 9.30 Å². The number of rotatable bonds is 5. The van der Waals surface area contributed by atoms with Crippen LogP contribution in [0.2, 0.25) is 0 Å². The smallest absolute Gasteiger partial charge is 0.333 e. The zero-order chi connectivity index (χ0) is 20.5. The van der Waals surface area contributed by atoms with Crippen LogP contribution in [0.5, 0.6) is 0 Å². The third-order valence-electron chi connectivity index (χ3n) is 4.52. The van der Waals surface area contributed by atoms with Gasteiger partial charge in [0.15, 0.2) is 0 Å². The van der Waals surface area contributed by atoms with Crippen LogP contribution in [0.4, 0.5) is 0 Å². The lowest BCUT2D eigenvalue weighted by molar-refractivity contribution is -0.144. The first-order chi connectivity index (χ1) is 14.0. The lowest BCUT2D eigenvalue weighted by Crippen LogP contribution is -2.42. The highest BCUT2D eigenvalue weighted by Gasteiger charge is 2.18. The number of fused-ring (bicyclic) bond motifs is 3. The molecular formula is C20H17BrN4O4. The highest BCUT2D eigenvalue weighted by atomic mass is 79.9. The number of hydrogen-bond acceptors (Lipinski definition) is 5. The Kier molecular flexibility index (Phi) is 5.06. The summed E-state index contributed by atoms with van der Waals surface area (Å²) < 4.78 is 9.86. The first kappa shape index (κ1) is 19.1. The quantitative estimate of drug-likeness (QED) is 0.339. The van der Waals surface area contributed by atoms with Gasteiger partial charge in [0.25, 0.3) is 0 Å². The molecule has 0 N–H and O–H groups in total. The number of ether oxygens (including phenoxy) is 1. The van der Waals surface area contributed by atoms with Crippen molar-refractivity contribution in [2.24, 2.45) is 0 Å². The number of imidazole rings is 1. The normalized spacial score (nSPS) is 11.2. The van der Waals surface area contributed by atoms with E-state index in [1.165, 1.54) is 4.40 Å². The molecule has 2 aromatic heterocycles. The van der Waals surface area contributed by atoms with E-state index in [2.05, 4.69) is 21.0 Å². The Labute approximate surface area is 173 Å². The van der Waals surface area contributed by atoms with Crippen molar-refractivity contribution < 1.29 is 9.53 Å². The van der Waals surface area contributed by atoms with E-state index in [0.717, 1.165) is 20.2 Å². The number of benzene rings is 2. The third-order valence-corrected chi connectivity index (χ3v) is 5.05. The van der Waals surface area contributed by atoms with Crippen molar-refractivity contribution in [1.29, 1.82) is 0 Å². The second-order valence-corrected chi connectivity index (χ2v) is 7.33. The molecule has 2 heterocycles. The molecule has 0 unspecified atom stereocenters. The topological polar surface area (TPSA) is 87.6 Å². The van der Waals surface area contributed by atoms with E-state index in [-0.39, 0.29) is 12.4 Å². The summed E-state index contributed by atoms with van der Waals surface area (Å²) in [5, 5.41) is 4.33. The number of halogens is 1. The number of carbonyl (C=O) groups excluding carboxylic acids is 1. The van der Waals surface area contributed by atoms with Gasteiger partial charge in [-0.1, -0.05) is 40.2 Å². The predicted octanol–water partition coefficient (Wildman–Crippen LogP) is 2.18. The molecule has 0 bridgehead atoms. The third kappa shape index (κ3) is 3.49. The Morgan fingerprint density at radius 1 is 1.03 bits per heavy atom. The van der Waals surface area contributed by atoms with Gasteiger partial charge in [0.05, 0.1) is 24.2 Å². The zero-order valence-electron chi connectivity index (χ0n) is 15.5. The van der Waals surface area contributed by atoms with Crippen LogP contribution in [0.1, 0.15) is 12.5 Å². The summed E-state index contributed by atoms with van der Waals surface area (Å²) in [7, 11) is 0. The van der Waals surface area contributed by atoms with Gasteiger partial charge in [0.2, 0.25) is 5.78 Å². The van der Waals surface area contributed by atoms with Crippen molar-refractivity contribution in [2.45, 2.75) is 20.0 Å². The first-order valence-corrected chi connectivity index (χ1v) is 9.80. The number of esters is 1. The molecule has 29 heavy (non-hydrogen) atoms. The van der Waals surface area contributed by atoms with Crippen molar-refractivity contribution in [1.82, 2.24) is 18.7 Å². The van der Waals surface area contributed by atoms with E-state index in [1.54, 1.807) is 19.1 Å². The van der Waals surface area contributed by atoms with Crippen LogP contribution in [-0.2, 0) is 22.6 Å². The maximum absolute atomic E-state index is 12.8. The summed E-state index contributed by atoms with van der Waals surface area (Å²) in [5.41, 5.74) is 0.701. The van der Waals surface area contributed by atoms with Crippen LogP contribution in [0.25, 0.3) is 16.8 Å². The number of carbonyl (C=O) groups is 1. The highest BCUT2D eigenvalue weighted by molar-refractivity contribution is 9.10. The van der Waals surface area contributed by atoms with Gasteiger partial charge in [0, 0.05) is 4.47 Å². The van der Waals surface area contributed by atoms with Gasteiger partial charge in [-0.05, 0) is 36.8 Å². The molecule has 4 aromatic rings. The lowest BCUT2D eigenvalue weighted by Gasteiger charge is -2.08. The van der Waals surface area contributed by atoms with Gasteiger partial charge >= 0.3 is 17.1 Å². The van der Waals surface area contributed by atoms with Gasteiger partial charge in [-0.2, -0.15) is 0 Å². The molecule has 8 nitrogen and oxygen atoms in total. The zero-order valence-corrected chi connectivity index (χ0v) is 17.1. The minimum absolute atomic E-state index is 0.179. The Bertz CT molecular complexity index is 1340. The van der Waals surface area contributed by atoms with Crippen molar-refractivity contribution in [2.75, 3.05) is 6.61 Å². The molecule has 148 valence electrons. The minimum atomic E-state index is -0.873. The summed E-state index contributed by atoms with van der Waals surface area (Å²) in [6.07, 6.45) is 0. The molecule has 0 amide bonds. The molecule has 0 radical (unpaired) electrons. The average Bonchev–Trinajstić information content (AvgIpc) is 3.01. The second kappa shape index (κ2) is 7.67. The highest BCUT2D eigenvalue weighted by Crippen LogP contribution is 2.20. The van der Waals surface area contributed by atoms with Crippen LogP contribution >= 0.6 is 15.9 Å². The number of hydrogen-bond donors (Lipinski definition) is 0. The second-order valence-electron chi connectivity index (χ2n) is 6.41. The van der Waals surface area contributed by atoms with Crippen LogP contribution in [0.15, 0.2) is 62.6 Å². The molecule has 0 spiro atoms. The van der Waals surface area contributed by atoms with Crippen LogP contribution in [0.3, 0.4) is 0 Å². The Morgan fingerprint density at radius 3 is 2.41 bits per heavy atom. The van der Waals surface area contributed by atoms with Gasteiger partial charge in [-0.15, -0.1) is 5.10 Å². The fourth-order valence-corrected chi connectivity index (χ4v) is 3.50. The van der Waals surface area contributed by atoms with Crippen molar-refractivity contribution in [3.8, 4) is 0 Å². The van der Waals surface area contributed by atoms with Gasteiger partial charge in [-0.3, -0.25) is 14.4 Å². The summed E-state index contributed by atoms with van der Waals surface area (Å²) >= 11 is 3.42.